The van der Waals surface area contributed by atoms with E-state index in [0.29, 0.717) is 12.6 Å². The van der Waals surface area contributed by atoms with Gasteiger partial charge in [-0.15, -0.1) is 11.3 Å². The van der Waals surface area contributed by atoms with Crippen molar-refractivity contribution in [1.29, 1.82) is 0 Å². The predicted molar refractivity (Wildman–Crippen MR) is 89.8 cm³/mol. The molecule has 1 unspecified atom stereocenters. The van der Waals surface area contributed by atoms with Gasteiger partial charge in [0, 0.05) is 23.0 Å². The molecular formula is C16H18BrN2OS+. The number of benzene rings is 1. The number of hydrogen-bond acceptors (Lipinski definition) is 2. The van der Waals surface area contributed by atoms with Gasteiger partial charge in [-0.3, -0.25) is 4.79 Å². The molecule has 2 N–H and O–H groups in total. The van der Waals surface area contributed by atoms with Gasteiger partial charge in [0.25, 0.3) is 5.91 Å². The number of halogens is 1. The summed E-state index contributed by atoms with van der Waals surface area (Å²) in [7, 11) is 0. The van der Waals surface area contributed by atoms with Gasteiger partial charge in [0.05, 0.1) is 11.4 Å². The highest BCUT2D eigenvalue weighted by atomic mass is 79.9. The van der Waals surface area contributed by atoms with E-state index in [1.807, 2.05) is 24.3 Å². The third-order valence-electron chi connectivity index (χ3n) is 3.87. The number of anilines is 1. The average Bonchev–Trinajstić information content (AvgIpc) is 3.08. The molecule has 2 aromatic rings. The van der Waals surface area contributed by atoms with Crippen LogP contribution < -0.4 is 10.2 Å². The molecule has 110 valence electrons. The molecule has 1 amide bonds. The minimum Gasteiger partial charge on any atom is -0.321 e. The first-order valence-electron chi connectivity index (χ1n) is 7.16. The largest absolute Gasteiger partial charge is 0.321 e. The van der Waals surface area contributed by atoms with Crippen LogP contribution in [0.2, 0.25) is 0 Å². The topological polar surface area (TPSA) is 33.5 Å². The van der Waals surface area contributed by atoms with Gasteiger partial charge in [-0.1, -0.05) is 28.1 Å². The molecule has 3 rings (SSSR count). The zero-order valence-electron chi connectivity index (χ0n) is 11.6. The maximum Gasteiger partial charge on any atom is 0.279 e. The first kappa shape index (κ1) is 14.8. The third kappa shape index (κ3) is 3.73. The lowest BCUT2D eigenvalue weighted by Gasteiger charge is -2.20. The molecule has 3 nitrogen and oxygen atoms in total. The maximum atomic E-state index is 12.3. The van der Waals surface area contributed by atoms with E-state index in [0.717, 1.165) is 16.7 Å². The van der Waals surface area contributed by atoms with Crippen molar-refractivity contribution in [2.75, 3.05) is 18.4 Å². The van der Waals surface area contributed by atoms with Crippen molar-refractivity contribution in [3.05, 3.63) is 51.1 Å². The fourth-order valence-electron chi connectivity index (χ4n) is 2.93. The van der Waals surface area contributed by atoms with Crippen LogP contribution in [0.4, 0.5) is 5.69 Å². The first-order chi connectivity index (χ1) is 10.2. The smallest absolute Gasteiger partial charge is 0.279 e. The molecule has 5 heteroatoms. The average molecular weight is 366 g/mol. The minimum atomic E-state index is 0.0894. The van der Waals surface area contributed by atoms with Gasteiger partial charge in [0.2, 0.25) is 0 Å². The Morgan fingerprint density at radius 1 is 1.38 bits per heavy atom. The fourth-order valence-corrected chi connectivity index (χ4v) is 4.25. The summed E-state index contributed by atoms with van der Waals surface area (Å²) in [4.78, 5) is 15.0. The van der Waals surface area contributed by atoms with Gasteiger partial charge in [0.15, 0.2) is 6.54 Å². The highest BCUT2D eigenvalue weighted by Gasteiger charge is 2.32. The molecular weight excluding hydrogens is 348 g/mol. The fraction of sp³-hybridized carbons (Fsp3) is 0.312. The van der Waals surface area contributed by atoms with E-state index >= 15 is 0 Å². The molecule has 1 aromatic heterocycles. The summed E-state index contributed by atoms with van der Waals surface area (Å²) in [6, 6.07) is 12.5. The number of carbonyl (C=O) groups is 1. The SMILES string of the molecule is O=C(C[NH+]1CCC[C@@H]1c1cccs1)Nc1cccc(Br)c1. The van der Waals surface area contributed by atoms with Crippen molar-refractivity contribution in [1.82, 2.24) is 0 Å². The number of hydrogen-bond donors (Lipinski definition) is 2. The van der Waals surface area contributed by atoms with Crippen molar-refractivity contribution >= 4 is 38.9 Å². The molecule has 1 aliphatic heterocycles. The maximum absolute atomic E-state index is 12.3. The Labute approximate surface area is 137 Å². The van der Waals surface area contributed by atoms with Gasteiger partial charge in [-0.2, -0.15) is 0 Å². The van der Waals surface area contributed by atoms with Crippen molar-refractivity contribution in [3.63, 3.8) is 0 Å². The Morgan fingerprint density at radius 3 is 3.05 bits per heavy atom. The van der Waals surface area contributed by atoms with E-state index < -0.39 is 0 Å². The summed E-state index contributed by atoms with van der Waals surface area (Å²) in [5, 5.41) is 5.11. The number of thiophene rings is 1. The summed E-state index contributed by atoms with van der Waals surface area (Å²) in [5.41, 5.74) is 0.848. The summed E-state index contributed by atoms with van der Waals surface area (Å²) in [6.07, 6.45) is 2.38. The summed E-state index contributed by atoms with van der Waals surface area (Å²) in [5.74, 6) is 0.0894. The molecule has 21 heavy (non-hydrogen) atoms. The van der Waals surface area contributed by atoms with E-state index in [1.165, 1.54) is 22.6 Å². The molecule has 1 aromatic carbocycles. The predicted octanol–water partition coefficient (Wildman–Crippen LogP) is 2.87. The van der Waals surface area contributed by atoms with Crippen LogP contribution in [0.25, 0.3) is 0 Å². The van der Waals surface area contributed by atoms with Crippen LogP contribution in [-0.4, -0.2) is 19.0 Å². The molecule has 0 spiro atoms. The van der Waals surface area contributed by atoms with Gasteiger partial charge in [0.1, 0.15) is 6.04 Å². The number of rotatable bonds is 4. The highest BCUT2D eigenvalue weighted by molar-refractivity contribution is 9.10. The highest BCUT2D eigenvalue weighted by Crippen LogP contribution is 2.23. The number of quaternary nitrogens is 1. The van der Waals surface area contributed by atoms with Crippen LogP contribution >= 0.6 is 27.3 Å². The van der Waals surface area contributed by atoms with Crippen LogP contribution in [0, 0.1) is 0 Å². The van der Waals surface area contributed by atoms with Crippen molar-refractivity contribution < 1.29 is 9.69 Å². The van der Waals surface area contributed by atoms with Crippen LogP contribution in [-0.2, 0) is 4.79 Å². The van der Waals surface area contributed by atoms with E-state index in [1.54, 1.807) is 11.3 Å². The van der Waals surface area contributed by atoms with Crippen molar-refractivity contribution in [3.8, 4) is 0 Å². The molecule has 1 fully saturated rings. The second-order valence-electron chi connectivity index (χ2n) is 5.35. The lowest BCUT2D eigenvalue weighted by Crippen LogP contribution is -3.11. The summed E-state index contributed by atoms with van der Waals surface area (Å²) >= 11 is 5.22. The number of amides is 1. The van der Waals surface area contributed by atoms with Gasteiger partial charge < -0.3 is 10.2 Å². The molecule has 0 radical (unpaired) electrons. The lowest BCUT2D eigenvalue weighted by molar-refractivity contribution is -0.910. The van der Waals surface area contributed by atoms with Crippen molar-refractivity contribution in [2.45, 2.75) is 18.9 Å². The molecule has 0 bridgehead atoms. The van der Waals surface area contributed by atoms with Gasteiger partial charge in [-0.05, 0) is 29.6 Å². The van der Waals surface area contributed by atoms with Gasteiger partial charge >= 0.3 is 0 Å². The Balaban J connectivity index is 1.62. The molecule has 1 saturated heterocycles. The number of carbonyl (C=O) groups excluding carboxylic acids is 1. The van der Waals surface area contributed by atoms with Crippen molar-refractivity contribution in [2.24, 2.45) is 0 Å². The summed E-state index contributed by atoms with van der Waals surface area (Å²) in [6.45, 7) is 1.61. The molecule has 0 aliphatic carbocycles. The molecule has 0 saturated carbocycles. The number of nitrogens with one attached hydrogen (secondary N) is 2. The molecule has 2 heterocycles. The standard InChI is InChI=1S/C16H17BrN2OS/c17-12-4-1-5-13(10-12)18-16(20)11-19-8-2-6-14(19)15-7-3-9-21-15/h1,3-5,7,9-10,14H,2,6,8,11H2,(H,18,20)/p+1/t14-/m1/s1. The van der Waals surface area contributed by atoms with E-state index in [-0.39, 0.29) is 5.91 Å². The zero-order valence-corrected chi connectivity index (χ0v) is 14.0. The Bertz CT molecular complexity index is 614. The lowest BCUT2D eigenvalue weighted by atomic mass is 10.2. The zero-order chi connectivity index (χ0) is 14.7. The Morgan fingerprint density at radius 2 is 2.29 bits per heavy atom. The van der Waals surface area contributed by atoms with Crippen LogP contribution in [0.3, 0.4) is 0 Å². The van der Waals surface area contributed by atoms with Crippen LogP contribution in [0.5, 0.6) is 0 Å². The summed E-state index contributed by atoms with van der Waals surface area (Å²) < 4.78 is 0.977. The number of likely N-dealkylation sites (tertiary alicyclic amines) is 1. The third-order valence-corrected chi connectivity index (χ3v) is 5.35. The quantitative estimate of drug-likeness (QED) is 0.857. The monoisotopic (exact) mass is 365 g/mol. The Hall–Kier alpha value is -1.17. The second-order valence-corrected chi connectivity index (χ2v) is 7.25. The van der Waals surface area contributed by atoms with Gasteiger partial charge in [-0.25, -0.2) is 0 Å². The Kier molecular flexibility index (Phi) is 4.73. The van der Waals surface area contributed by atoms with Crippen LogP contribution in [0.15, 0.2) is 46.3 Å². The van der Waals surface area contributed by atoms with Crippen LogP contribution in [0.1, 0.15) is 23.8 Å². The molecule has 2 atom stereocenters. The van der Waals surface area contributed by atoms with E-state index in [4.69, 9.17) is 0 Å². The minimum absolute atomic E-state index is 0.0894. The van der Waals surface area contributed by atoms with E-state index in [9.17, 15) is 4.79 Å². The second kappa shape index (κ2) is 6.73. The first-order valence-corrected chi connectivity index (χ1v) is 8.83. The van der Waals surface area contributed by atoms with E-state index in [2.05, 4.69) is 38.8 Å². The normalized spacial score (nSPS) is 21.4. The molecule has 1 aliphatic rings.